The lowest BCUT2D eigenvalue weighted by Crippen LogP contribution is -2.71. The van der Waals surface area contributed by atoms with Crippen LogP contribution in [-0.2, 0) is 4.74 Å². The van der Waals surface area contributed by atoms with E-state index in [4.69, 9.17) is 4.74 Å². The predicted molar refractivity (Wildman–Crippen MR) is 134 cm³/mol. The van der Waals surface area contributed by atoms with Crippen LogP contribution in [0, 0.1) is 12.3 Å². The van der Waals surface area contributed by atoms with Gasteiger partial charge >= 0.3 is 5.97 Å². The Morgan fingerprint density at radius 1 is 1.14 bits per heavy atom. The summed E-state index contributed by atoms with van der Waals surface area (Å²) in [5.41, 5.74) is 6.18. The normalized spacial score (nSPS) is 16.7. The highest BCUT2D eigenvalue weighted by atomic mass is 16.5. The fraction of sp³-hybridized carbons (Fsp3) is 0.333. The lowest BCUT2D eigenvalue weighted by molar-refractivity contribution is -0.0418. The van der Waals surface area contributed by atoms with Gasteiger partial charge < -0.3 is 19.9 Å². The molecule has 5 heterocycles. The Morgan fingerprint density at radius 3 is 2.83 bits per heavy atom. The SMILES string of the molecule is Cc1cccc(-c2[nH]cnc2-c2ccc3ncc(C(=O)OCCCN4CC5(CNC5)C4)cc3c2)n1. The molecule has 2 aliphatic heterocycles. The van der Waals surface area contributed by atoms with E-state index in [2.05, 4.69) is 30.2 Å². The van der Waals surface area contributed by atoms with E-state index in [1.807, 2.05) is 49.4 Å². The molecule has 8 heteroatoms. The van der Waals surface area contributed by atoms with Gasteiger partial charge in [0.1, 0.15) is 0 Å². The highest BCUT2D eigenvalue weighted by Crippen LogP contribution is 2.34. The number of nitrogens with zero attached hydrogens (tertiary/aromatic N) is 4. The van der Waals surface area contributed by atoms with Gasteiger partial charge in [0.25, 0.3) is 0 Å². The monoisotopic (exact) mass is 468 g/mol. The maximum absolute atomic E-state index is 12.7. The fourth-order valence-corrected chi connectivity index (χ4v) is 5.08. The quantitative estimate of drug-likeness (QED) is 0.317. The number of fused-ring (bicyclic) bond motifs is 1. The summed E-state index contributed by atoms with van der Waals surface area (Å²) in [5.74, 6) is -0.336. The molecule has 6 rings (SSSR count). The molecule has 0 saturated carbocycles. The molecular weight excluding hydrogens is 440 g/mol. The zero-order chi connectivity index (χ0) is 23.8. The van der Waals surface area contributed by atoms with E-state index in [0.717, 1.165) is 78.4 Å². The minimum atomic E-state index is -0.336. The number of carbonyl (C=O) groups excluding carboxylic acids is 1. The standard InChI is InChI=1S/C27H28N6O2/c1-18-4-2-5-23(32-18)25-24(30-17-31-25)19-6-7-22-20(10-19)11-21(12-29-22)26(34)35-9-3-8-33-15-27(16-33)13-28-14-27/h2,4-7,10-12,17,28H,3,8-9,13-16H2,1H3,(H,30,31). The Morgan fingerprint density at radius 2 is 2.03 bits per heavy atom. The summed E-state index contributed by atoms with van der Waals surface area (Å²) in [5, 5.41) is 4.22. The van der Waals surface area contributed by atoms with Crippen LogP contribution < -0.4 is 5.32 Å². The van der Waals surface area contributed by atoms with E-state index in [-0.39, 0.29) is 5.97 Å². The number of H-pyrrole nitrogens is 1. The molecule has 1 spiro atoms. The van der Waals surface area contributed by atoms with Gasteiger partial charge in [-0.3, -0.25) is 9.97 Å². The van der Waals surface area contributed by atoms with Gasteiger partial charge in [0.2, 0.25) is 0 Å². The predicted octanol–water partition coefficient (Wildman–Crippen LogP) is 3.45. The van der Waals surface area contributed by atoms with E-state index in [9.17, 15) is 4.79 Å². The number of aromatic amines is 1. The van der Waals surface area contributed by atoms with Crippen LogP contribution in [0.3, 0.4) is 0 Å². The second-order valence-electron chi connectivity index (χ2n) is 9.73. The van der Waals surface area contributed by atoms with E-state index in [1.165, 1.54) is 0 Å². The minimum absolute atomic E-state index is 0.336. The van der Waals surface area contributed by atoms with E-state index in [1.54, 1.807) is 12.5 Å². The van der Waals surface area contributed by atoms with Gasteiger partial charge in [-0.1, -0.05) is 12.1 Å². The average molecular weight is 469 g/mol. The van der Waals surface area contributed by atoms with Crippen LogP contribution in [0.25, 0.3) is 33.5 Å². The van der Waals surface area contributed by atoms with Crippen LogP contribution in [0.4, 0.5) is 0 Å². The zero-order valence-electron chi connectivity index (χ0n) is 19.8. The number of nitrogens with one attached hydrogen (secondary N) is 2. The number of rotatable bonds is 7. The van der Waals surface area contributed by atoms with Gasteiger partial charge in [-0.25, -0.2) is 9.78 Å². The number of likely N-dealkylation sites (tertiary alicyclic amines) is 1. The van der Waals surface area contributed by atoms with E-state index >= 15 is 0 Å². The molecule has 0 atom stereocenters. The van der Waals surface area contributed by atoms with Crippen molar-refractivity contribution >= 4 is 16.9 Å². The van der Waals surface area contributed by atoms with E-state index < -0.39 is 0 Å². The van der Waals surface area contributed by atoms with Crippen molar-refractivity contribution in [3.05, 3.63) is 66.2 Å². The second-order valence-corrected chi connectivity index (χ2v) is 9.73. The van der Waals surface area contributed by atoms with Gasteiger partial charge in [0.05, 0.1) is 41.1 Å². The lowest BCUT2D eigenvalue weighted by Gasteiger charge is -2.56. The number of aryl methyl sites for hydroxylation is 1. The summed E-state index contributed by atoms with van der Waals surface area (Å²) in [7, 11) is 0. The Hall–Kier alpha value is -3.62. The fourth-order valence-electron chi connectivity index (χ4n) is 5.08. The molecule has 0 amide bonds. The number of imidazole rings is 1. The topological polar surface area (TPSA) is 96.0 Å². The van der Waals surface area contributed by atoms with Crippen molar-refractivity contribution in [2.24, 2.45) is 5.41 Å². The Bertz CT molecular complexity index is 1390. The third-order valence-electron chi connectivity index (χ3n) is 6.94. The van der Waals surface area contributed by atoms with Crippen LogP contribution in [0.5, 0.6) is 0 Å². The smallest absolute Gasteiger partial charge is 0.339 e. The van der Waals surface area contributed by atoms with Crippen molar-refractivity contribution in [2.45, 2.75) is 13.3 Å². The maximum Gasteiger partial charge on any atom is 0.339 e. The first-order valence-corrected chi connectivity index (χ1v) is 12.1. The number of hydrogen-bond acceptors (Lipinski definition) is 7. The summed E-state index contributed by atoms with van der Waals surface area (Å²) >= 11 is 0. The van der Waals surface area contributed by atoms with Crippen LogP contribution >= 0.6 is 0 Å². The third kappa shape index (κ3) is 4.31. The Labute approximate surface area is 203 Å². The number of carbonyl (C=O) groups is 1. The molecule has 2 fully saturated rings. The van der Waals surface area contributed by atoms with Crippen LogP contribution in [-0.4, -0.2) is 70.1 Å². The van der Waals surface area contributed by atoms with Crippen molar-refractivity contribution in [2.75, 3.05) is 39.3 Å². The Kier molecular flexibility index (Phi) is 5.54. The first-order valence-electron chi connectivity index (χ1n) is 12.1. The molecule has 0 bridgehead atoms. The summed E-state index contributed by atoms with van der Waals surface area (Å²) in [4.78, 5) is 31.9. The van der Waals surface area contributed by atoms with Gasteiger partial charge in [-0.2, -0.15) is 0 Å². The zero-order valence-corrected chi connectivity index (χ0v) is 19.8. The van der Waals surface area contributed by atoms with E-state index in [0.29, 0.717) is 17.6 Å². The highest BCUT2D eigenvalue weighted by molar-refractivity contribution is 5.95. The third-order valence-corrected chi connectivity index (χ3v) is 6.94. The molecule has 0 radical (unpaired) electrons. The number of ether oxygens (including phenoxy) is 1. The molecule has 2 N–H and O–H groups in total. The lowest BCUT2D eigenvalue weighted by atomic mass is 9.74. The highest BCUT2D eigenvalue weighted by Gasteiger charge is 2.46. The maximum atomic E-state index is 12.7. The molecular formula is C27H28N6O2. The van der Waals surface area contributed by atoms with Gasteiger partial charge in [0.15, 0.2) is 0 Å². The molecule has 2 aliphatic rings. The van der Waals surface area contributed by atoms with Crippen molar-refractivity contribution < 1.29 is 9.53 Å². The summed E-state index contributed by atoms with van der Waals surface area (Å²) in [6, 6.07) is 13.7. The molecule has 35 heavy (non-hydrogen) atoms. The minimum Gasteiger partial charge on any atom is -0.462 e. The Balaban J connectivity index is 1.13. The second kappa shape index (κ2) is 8.87. The largest absolute Gasteiger partial charge is 0.462 e. The first kappa shape index (κ1) is 21.9. The van der Waals surface area contributed by atoms with Crippen molar-refractivity contribution in [3.8, 4) is 22.6 Å². The molecule has 0 unspecified atom stereocenters. The van der Waals surface area contributed by atoms with Crippen molar-refractivity contribution in [1.29, 1.82) is 0 Å². The van der Waals surface area contributed by atoms with Gasteiger partial charge in [0, 0.05) is 61.0 Å². The average Bonchev–Trinajstić information content (AvgIpc) is 3.31. The molecule has 0 aliphatic carbocycles. The number of benzene rings is 1. The molecule has 3 aromatic heterocycles. The molecule has 1 aromatic carbocycles. The van der Waals surface area contributed by atoms with Crippen molar-refractivity contribution in [1.82, 2.24) is 30.2 Å². The van der Waals surface area contributed by atoms with Gasteiger partial charge in [-0.15, -0.1) is 0 Å². The number of pyridine rings is 2. The summed E-state index contributed by atoms with van der Waals surface area (Å²) in [6.45, 7) is 7.94. The number of esters is 1. The summed E-state index contributed by atoms with van der Waals surface area (Å²) < 4.78 is 5.54. The number of aromatic nitrogens is 4. The summed E-state index contributed by atoms with van der Waals surface area (Å²) in [6.07, 6.45) is 4.10. The van der Waals surface area contributed by atoms with Crippen LogP contribution in [0.2, 0.25) is 0 Å². The molecule has 4 aromatic rings. The van der Waals surface area contributed by atoms with Crippen molar-refractivity contribution in [3.63, 3.8) is 0 Å². The van der Waals surface area contributed by atoms with Gasteiger partial charge in [-0.05, 0) is 43.7 Å². The molecule has 2 saturated heterocycles. The van der Waals surface area contributed by atoms with Crippen LogP contribution in [0.1, 0.15) is 22.5 Å². The number of hydrogen-bond donors (Lipinski definition) is 2. The van der Waals surface area contributed by atoms with Crippen LogP contribution in [0.15, 0.2) is 55.0 Å². The molecule has 178 valence electrons. The molecule has 8 nitrogen and oxygen atoms in total. The first-order chi connectivity index (χ1) is 17.1.